The summed E-state index contributed by atoms with van der Waals surface area (Å²) in [4.78, 5) is 10.2. The normalized spacial score (nSPS) is 9.45. The van der Waals surface area contributed by atoms with Gasteiger partial charge in [-0.3, -0.25) is 0 Å². The molecule has 0 aliphatic rings. The van der Waals surface area contributed by atoms with Gasteiger partial charge in [-0.15, -0.1) is 0 Å². The first-order valence-corrected chi connectivity index (χ1v) is 6.80. The Labute approximate surface area is 129 Å². The van der Waals surface area contributed by atoms with E-state index >= 15 is 0 Å². The lowest BCUT2D eigenvalue weighted by molar-refractivity contribution is 0.0697. The summed E-state index contributed by atoms with van der Waals surface area (Å²) in [6.07, 6.45) is 0. The topological polar surface area (TPSA) is 57.5 Å². The maximum atomic E-state index is 10.2. The molecule has 0 aliphatic carbocycles. The van der Waals surface area contributed by atoms with Crippen LogP contribution in [0.15, 0.2) is 84.9 Å². The molecule has 2 N–H and O–H groups in total. The van der Waals surface area contributed by atoms with Crippen LogP contribution >= 0.6 is 0 Å². The van der Waals surface area contributed by atoms with Crippen molar-refractivity contribution in [2.24, 2.45) is 0 Å². The minimum Gasteiger partial charge on any atom is -0.507 e. The van der Waals surface area contributed by atoms with Gasteiger partial charge in [-0.05, 0) is 23.8 Å². The number of para-hydroxylation sites is 1. The third kappa shape index (κ3) is 4.21. The summed E-state index contributed by atoms with van der Waals surface area (Å²) < 4.78 is 0. The number of aromatic carboxylic acids is 1. The third-order valence-electron chi connectivity index (χ3n) is 3.01. The fourth-order valence-corrected chi connectivity index (χ4v) is 1.92. The van der Waals surface area contributed by atoms with E-state index in [9.17, 15) is 9.90 Å². The Balaban J connectivity index is 0.000000172. The Morgan fingerprint density at radius 1 is 0.682 bits per heavy atom. The van der Waals surface area contributed by atoms with Crippen LogP contribution in [-0.4, -0.2) is 16.2 Å². The van der Waals surface area contributed by atoms with Crippen LogP contribution in [0, 0.1) is 0 Å². The molecule has 110 valence electrons. The molecule has 22 heavy (non-hydrogen) atoms. The Kier molecular flexibility index (Phi) is 5.32. The standard InChI is InChI=1S/C12H10O.C7H6O2/c13-12-9-5-4-8-11(12)10-6-2-1-3-7-10;8-7(9)6-4-2-1-3-5-6/h1-9,13H;1-5H,(H,8,9). The van der Waals surface area contributed by atoms with Crippen LogP contribution in [0.5, 0.6) is 5.75 Å². The fraction of sp³-hybridized carbons (Fsp3) is 0. The van der Waals surface area contributed by atoms with Crippen molar-refractivity contribution in [2.75, 3.05) is 0 Å². The molecule has 0 aromatic heterocycles. The molecule has 0 radical (unpaired) electrons. The molecule has 0 amide bonds. The Morgan fingerprint density at radius 3 is 1.68 bits per heavy atom. The lowest BCUT2D eigenvalue weighted by Crippen LogP contribution is -1.93. The molecule has 0 saturated heterocycles. The summed E-state index contributed by atoms with van der Waals surface area (Å²) in [6, 6.07) is 25.5. The molecule has 0 spiro atoms. The lowest BCUT2D eigenvalue weighted by atomic mass is 10.1. The van der Waals surface area contributed by atoms with Gasteiger partial charge in [-0.2, -0.15) is 0 Å². The van der Waals surface area contributed by atoms with E-state index in [2.05, 4.69) is 0 Å². The summed E-state index contributed by atoms with van der Waals surface area (Å²) in [7, 11) is 0. The Morgan fingerprint density at radius 2 is 1.18 bits per heavy atom. The van der Waals surface area contributed by atoms with Gasteiger partial charge in [-0.25, -0.2) is 4.79 Å². The van der Waals surface area contributed by atoms with Crippen LogP contribution in [0.2, 0.25) is 0 Å². The molecule has 3 aromatic rings. The van der Waals surface area contributed by atoms with E-state index in [1.165, 1.54) is 0 Å². The van der Waals surface area contributed by atoms with Crippen molar-refractivity contribution in [3.8, 4) is 16.9 Å². The molecule has 3 nitrogen and oxygen atoms in total. The molecule has 0 bridgehead atoms. The highest BCUT2D eigenvalue weighted by atomic mass is 16.4. The van der Waals surface area contributed by atoms with Crippen LogP contribution in [-0.2, 0) is 0 Å². The van der Waals surface area contributed by atoms with Gasteiger partial charge < -0.3 is 10.2 Å². The number of phenols is 1. The van der Waals surface area contributed by atoms with Gasteiger partial charge in [0.25, 0.3) is 0 Å². The summed E-state index contributed by atoms with van der Waals surface area (Å²) in [5.74, 6) is -0.552. The molecule has 0 aliphatic heterocycles. The second-order valence-corrected chi connectivity index (χ2v) is 4.55. The molecule has 0 saturated carbocycles. The van der Waals surface area contributed by atoms with Gasteiger partial charge in [0.2, 0.25) is 0 Å². The van der Waals surface area contributed by atoms with Gasteiger partial charge in [0, 0.05) is 5.56 Å². The van der Waals surface area contributed by atoms with Crippen molar-refractivity contribution in [2.45, 2.75) is 0 Å². The molecule has 3 heteroatoms. The predicted molar refractivity (Wildman–Crippen MR) is 86.9 cm³/mol. The number of carbonyl (C=O) groups is 1. The molecular weight excluding hydrogens is 276 g/mol. The van der Waals surface area contributed by atoms with E-state index < -0.39 is 5.97 Å². The zero-order chi connectivity index (χ0) is 15.8. The number of aromatic hydroxyl groups is 1. The molecule has 0 atom stereocenters. The van der Waals surface area contributed by atoms with E-state index in [1.807, 2.05) is 48.5 Å². The van der Waals surface area contributed by atoms with E-state index in [1.54, 1.807) is 36.4 Å². The molecule has 3 rings (SSSR count). The van der Waals surface area contributed by atoms with Gasteiger partial charge in [0.1, 0.15) is 5.75 Å². The first kappa shape index (κ1) is 15.3. The number of rotatable bonds is 2. The molecule has 0 heterocycles. The number of phenolic OH excluding ortho intramolecular Hbond substituents is 1. The van der Waals surface area contributed by atoms with E-state index in [0.29, 0.717) is 11.3 Å². The van der Waals surface area contributed by atoms with Crippen LogP contribution in [0.1, 0.15) is 10.4 Å². The lowest BCUT2D eigenvalue weighted by Gasteiger charge is -2.02. The van der Waals surface area contributed by atoms with Crippen molar-refractivity contribution >= 4 is 5.97 Å². The first-order valence-electron chi connectivity index (χ1n) is 6.80. The zero-order valence-corrected chi connectivity index (χ0v) is 11.9. The Bertz CT molecular complexity index is 722. The second kappa shape index (κ2) is 7.64. The average Bonchev–Trinajstić information content (AvgIpc) is 2.57. The van der Waals surface area contributed by atoms with E-state index in [0.717, 1.165) is 11.1 Å². The van der Waals surface area contributed by atoms with E-state index in [4.69, 9.17) is 5.11 Å². The van der Waals surface area contributed by atoms with Crippen LogP contribution < -0.4 is 0 Å². The summed E-state index contributed by atoms with van der Waals surface area (Å²) in [5, 5.41) is 17.9. The molecular formula is C19H16O3. The highest BCUT2D eigenvalue weighted by Gasteiger charge is 2.00. The molecule has 0 unspecified atom stereocenters. The maximum Gasteiger partial charge on any atom is 0.335 e. The zero-order valence-electron chi connectivity index (χ0n) is 11.9. The quantitative estimate of drug-likeness (QED) is 0.734. The maximum absolute atomic E-state index is 10.2. The summed E-state index contributed by atoms with van der Waals surface area (Å²) in [6.45, 7) is 0. The number of hydrogen-bond donors (Lipinski definition) is 2. The fourth-order valence-electron chi connectivity index (χ4n) is 1.92. The second-order valence-electron chi connectivity index (χ2n) is 4.55. The van der Waals surface area contributed by atoms with Gasteiger partial charge >= 0.3 is 5.97 Å². The highest BCUT2D eigenvalue weighted by Crippen LogP contribution is 2.27. The smallest absolute Gasteiger partial charge is 0.335 e. The first-order chi connectivity index (χ1) is 10.7. The Hall–Kier alpha value is -3.07. The van der Waals surface area contributed by atoms with Crippen molar-refractivity contribution in [1.82, 2.24) is 0 Å². The highest BCUT2D eigenvalue weighted by molar-refractivity contribution is 5.87. The van der Waals surface area contributed by atoms with Crippen molar-refractivity contribution in [1.29, 1.82) is 0 Å². The summed E-state index contributed by atoms with van der Waals surface area (Å²) in [5.41, 5.74) is 2.25. The van der Waals surface area contributed by atoms with Crippen LogP contribution in [0.25, 0.3) is 11.1 Å². The third-order valence-corrected chi connectivity index (χ3v) is 3.01. The van der Waals surface area contributed by atoms with Crippen molar-refractivity contribution < 1.29 is 15.0 Å². The largest absolute Gasteiger partial charge is 0.507 e. The minimum atomic E-state index is -0.879. The number of hydrogen-bond acceptors (Lipinski definition) is 2. The van der Waals surface area contributed by atoms with Crippen molar-refractivity contribution in [3.05, 3.63) is 90.5 Å². The monoisotopic (exact) mass is 292 g/mol. The van der Waals surface area contributed by atoms with Gasteiger partial charge in [0.15, 0.2) is 0 Å². The number of carboxylic acids is 1. The predicted octanol–water partition coefficient (Wildman–Crippen LogP) is 4.44. The van der Waals surface area contributed by atoms with Gasteiger partial charge in [-0.1, -0.05) is 66.7 Å². The number of carboxylic acid groups (broad SMARTS) is 1. The molecule has 3 aromatic carbocycles. The van der Waals surface area contributed by atoms with E-state index in [-0.39, 0.29) is 0 Å². The average molecular weight is 292 g/mol. The number of benzene rings is 3. The molecule has 0 fully saturated rings. The van der Waals surface area contributed by atoms with Crippen molar-refractivity contribution in [3.63, 3.8) is 0 Å². The van der Waals surface area contributed by atoms with Gasteiger partial charge in [0.05, 0.1) is 5.56 Å². The minimum absolute atomic E-state index is 0.328. The van der Waals surface area contributed by atoms with Crippen LogP contribution in [0.4, 0.5) is 0 Å². The SMILES string of the molecule is O=C(O)c1ccccc1.Oc1ccccc1-c1ccccc1. The van der Waals surface area contributed by atoms with Crippen LogP contribution in [0.3, 0.4) is 0 Å². The summed E-state index contributed by atoms with van der Waals surface area (Å²) >= 11 is 0.